The highest BCUT2D eigenvalue weighted by atomic mass is 35.5. The monoisotopic (exact) mass is 276 g/mol. The lowest BCUT2D eigenvalue weighted by Crippen LogP contribution is -2.03. The molecule has 0 fully saturated rings. The minimum Gasteiger partial charge on any atom is -0.478 e. The molecule has 0 amide bonds. The van der Waals surface area contributed by atoms with Gasteiger partial charge in [-0.3, -0.25) is 4.68 Å². The standard InChI is InChI=1S/C14H13ClN2O2/c1-10-13(15)8-16-17(10)9-12-4-2-3-11(7-12)5-6-14(18)19/h2-8H,9H2,1H3,(H,18,19). The fourth-order valence-electron chi connectivity index (χ4n) is 1.72. The van der Waals surface area contributed by atoms with Crippen molar-refractivity contribution in [2.75, 3.05) is 0 Å². The van der Waals surface area contributed by atoms with Crippen LogP contribution < -0.4 is 0 Å². The zero-order valence-electron chi connectivity index (χ0n) is 10.4. The van der Waals surface area contributed by atoms with Crippen LogP contribution in [-0.4, -0.2) is 20.9 Å². The van der Waals surface area contributed by atoms with Gasteiger partial charge in [0.25, 0.3) is 0 Å². The smallest absolute Gasteiger partial charge is 0.328 e. The van der Waals surface area contributed by atoms with E-state index in [1.165, 1.54) is 0 Å². The largest absolute Gasteiger partial charge is 0.478 e. The molecule has 0 saturated carbocycles. The average molecular weight is 277 g/mol. The molecule has 0 saturated heterocycles. The number of carbonyl (C=O) groups is 1. The second-order valence-electron chi connectivity index (χ2n) is 4.15. The van der Waals surface area contributed by atoms with Crippen LogP contribution in [-0.2, 0) is 11.3 Å². The lowest BCUT2D eigenvalue weighted by molar-refractivity contribution is -0.131. The van der Waals surface area contributed by atoms with E-state index in [1.807, 2.05) is 35.9 Å². The highest BCUT2D eigenvalue weighted by molar-refractivity contribution is 6.31. The van der Waals surface area contributed by atoms with Gasteiger partial charge in [0, 0.05) is 6.08 Å². The number of carboxylic acids is 1. The van der Waals surface area contributed by atoms with Crippen LogP contribution >= 0.6 is 11.6 Å². The van der Waals surface area contributed by atoms with Gasteiger partial charge in [-0.15, -0.1) is 0 Å². The van der Waals surface area contributed by atoms with Crippen molar-refractivity contribution in [3.05, 3.63) is 58.4 Å². The van der Waals surface area contributed by atoms with Gasteiger partial charge in [-0.2, -0.15) is 5.10 Å². The number of aromatic nitrogens is 2. The Morgan fingerprint density at radius 3 is 2.95 bits per heavy atom. The SMILES string of the molecule is Cc1c(Cl)cnn1Cc1cccc(C=CC(=O)O)c1. The predicted molar refractivity (Wildman–Crippen MR) is 74.2 cm³/mol. The molecule has 2 aromatic rings. The fourth-order valence-corrected chi connectivity index (χ4v) is 1.86. The minimum absolute atomic E-state index is 0.604. The third-order valence-corrected chi connectivity index (χ3v) is 3.12. The summed E-state index contributed by atoms with van der Waals surface area (Å²) in [5, 5.41) is 13.4. The molecular weight excluding hydrogens is 264 g/mol. The lowest BCUT2D eigenvalue weighted by Gasteiger charge is -2.05. The number of benzene rings is 1. The predicted octanol–water partition coefficient (Wildman–Crippen LogP) is 2.99. The van der Waals surface area contributed by atoms with Crippen LogP contribution in [0.15, 0.2) is 36.5 Å². The van der Waals surface area contributed by atoms with E-state index < -0.39 is 5.97 Å². The summed E-state index contributed by atoms with van der Waals surface area (Å²) in [7, 11) is 0. The molecule has 1 aromatic heterocycles. The Morgan fingerprint density at radius 2 is 2.32 bits per heavy atom. The van der Waals surface area contributed by atoms with Crippen molar-refractivity contribution in [1.82, 2.24) is 9.78 Å². The molecule has 0 radical (unpaired) electrons. The van der Waals surface area contributed by atoms with E-state index in [0.717, 1.165) is 22.9 Å². The van der Waals surface area contributed by atoms with Crippen LogP contribution in [0.4, 0.5) is 0 Å². The Balaban J connectivity index is 2.20. The Bertz CT molecular complexity index is 632. The number of rotatable bonds is 4. The van der Waals surface area contributed by atoms with Gasteiger partial charge < -0.3 is 5.11 Å². The summed E-state index contributed by atoms with van der Waals surface area (Å²) in [4.78, 5) is 10.5. The van der Waals surface area contributed by atoms with Crippen molar-refractivity contribution < 1.29 is 9.90 Å². The molecule has 4 nitrogen and oxygen atoms in total. The van der Waals surface area contributed by atoms with Crippen molar-refractivity contribution in [1.29, 1.82) is 0 Å². The maximum absolute atomic E-state index is 10.5. The average Bonchev–Trinajstić information content (AvgIpc) is 2.69. The highest BCUT2D eigenvalue weighted by Crippen LogP contribution is 2.15. The molecule has 2 rings (SSSR count). The summed E-state index contributed by atoms with van der Waals surface area (Å²) in [6.07, 6.45) is 4.30. The second-order valence-corrected chi connectivity index (χ2v) is 4.56. The summed E-state index contributed by atoms with van der Waals surface area (Å²) < 4.78 is 1.81. The van der Waals surface area contributed by atoms with Crippen LogP contribution in [0.2, 0.25) is 5.02 Å². The first kappa shape index (κ1) is 13.4. The van der Waals surface area contributed by atoms with E-state index in [2.05, 4.69) is 5.10 Å². The van der Waals surface area contributed by atoms with Crippen molar-refractivity contribution in [3.63, 3.8) is 0 Å². The van der Waals surface area contributed by atoms with E-state index in [4.69, 9.17) is 16.7 Å². The Morgan fingerprint density at radius 1 is 1.53 bits per heavy atom. The maximum atomic E-state index is 10.5. The van der Waals surface area contributed by atoms with Gasteiger partial charge in [0.2, 0.25) is 0 Å². The van der Waals surface area contributed by atoms with Gasteiger partial charge in [-0.05, 0) is 30.2 Å². The van der Waals surface area contributed by atoms with Gasteiger partial charge >= 0.3 is 5.97 Å². The summed E-state index contributed by atoms with van der Waals surface area (Å²) in [5.74, 6) is -0.958. The van der Waals surface area contributed by atoms with E-state index in [1.54, 1.807) is 12.3 Å². The van der Waals surface area contributed by atoms with E-state index >= 15 is 0 Å². The molecule has 0 atom stereocenters. The third-order valence-electron chi connectivity index (χ3n) is 2.75. The fraction of sp³-hybridized carbons (Fsp3) is 0.143. The van der Waals surface area contributed by atoms with E-state index in [0.29, 0.717) is 11.6 Å². The van der Waals surface area contributed by atoms with Crippen LogP contribution in [0.1, 0.15) is 16.8 Å². The molecule has 0 bridgehead atoms. The number of hydrogen-bond donors (Lipinski definition) is 1. The molecule has 5 heteroatoms. The Labute approximate surface area is 115 Å². The molecule has 1 N–H and O–H groups in total. The van der Waals surface area contributed by atoms with Crippen molar-refractivity contribution in [3.8, 4) is 0 Å². The van der Waals surface area contributed by atoms with Crippen molar-refractivity contribution in [2.45, 2.75) is 13.5 Å². The van der Waals surface area contributed by atoms with Gasteiger partial charge in [-0.1, -0.05) is 29.8 Å². The number of hydrogen-bond acceptors (Lipinski definition) is 2. The van der Waals surface area contributed by atoms with Crippen LogP contribution in [0, 0.1) is 6.92 Å². The zero-order valence-corrected chi connectivity index (χ0v) is 11.1. The van der Waals surface area contributed by atoms with Crippen molar-refractivity contribution in [2.24, 2.45) is 0 Å². The lowest BCUT2D eigenvalue weighted by atomic mass is 10.1. The minimum atomic E-state index is -0.958. The van der Waals surface area contributed by atoms with Gasteiger partial charge in [0.1, 0.15) is 0 Å². The maximum Gasteiger partial charge on any atom is 0.328 e. The normalized spacial score (nSPS) is 11.1. The summed E-state index contributed by atoms with van der Waals surface area (Å²) in [5.41, 5.74) is 2.79. The van der Waals surface area contributed by atoms with Crippen molar-refractivity contribution >= 4 is 23.6 Å². The third kappa shape index (κ3) is 3.45. The molecule has 98 valence electrons. The van der Waals surface area contributed by atoms with Crippen LogP contribution in [0.3, 0.4) is 0 Å². The summed E-state index contributed by atoms with van der Waals surface area (Å²) in [6.45, 7) is 2.51. The second kappa shape index (κ2) is 5.71. The molecule has 0 aliphatic carbocycles. The molecule has 0 aliphatic rings. The first-order valence-electron chi connectivity index (χ1n) is 5.74. The number of nitrogens with zero attached hydrogens (tertiary/aromatic N) is 2. The zero-order chi connectivity index (χ0) is 13.8. The topological polar surface area (TPSA) is 55.1 Å². The molecule has 1 aromatic carbocycles. The quantitative estimate of drug-likeness (QED) is 0.874. The Kier molecular flexibility index (Phi) is 4.02. The highest BCUT2D eigenvalue weighted by Gasteiger charge is 2.04. The number of halogens is 1. The molecule has 0 aliphatic heterocycles. The molecule has 0 spiro atoms. The first-order chi connectivity index (χ1) is 9.06. The molecule has 1 heterocycles. The summed E-state index contributed by atoms with van der Waals surface area (Å²) in [6, 6.07) is 7.63. The molecule has 0 unspecified atom stereocenters. The van der Waals surface area contributed by atoms with Gasteiger partial charge in [0.05, 0.1) is 23.5 Å². The van der Waals surface area contributed by atoms with E-state index in [-0.39, 0.29) is 0 Å². The van der Waals surface area contributed by atoms with Gasteiger partial charge in [-0.25, -0.2) is 4.79 Å². The molecular formula is C14H13ClN2O2. The van der Waals surface area contributed by atoms with Gasteiger partial charge in [0.15, 0.2) is 0 Å². The number of aliphatic carboxylic acids is 1. The van der Waals surface area contributed by atoms with Crippen LogP contribution in [0.25, 0.3) is 6.08 Å². The summed E-state index contributed by atoms with van der Waals surface area (Å²) >= 11 is 5.95. The Hall–Kier alpha value is -2.07. The van der Waals surface area contributed by atoms with Crippen LogP contribution in [0.5, 0.6) is 0 Å². The van der Waals surface area contributed by atoms with E-state index in [9.17, 15) is 4.79 Å². The number of carboxylic acid groups (broad SMARTS) is 1. The first-order valence-corrected chi connectivity index (χ1v) is 6.12. The molecule has 19 heavy (non-hydrogen) atoms.